The molecule has 1 atom stereocenters. The second-order valence-electron chi connectivity index (χ2n) is 7.52. The van der Waals surface area contributed by atoms with Gasteiger partial charge in [-0.05, 0) is 74.5 Å². The van der Waals surface area contributed by atoms with Crippen molar-refractivity contribution in [1.82, 2.24) is 21.0 Å². The molecule has 0 bridgehead atoms. The van der Waals surface area contributed by atoms with Crippen LogP contribution in [-0.4, -0.2) is 28.1 Å². The van der Waals surface area contributed by atoms with E-state index in [-0.39, 0.29) is 0 Å². The zero-order valence-electron chi connectivity index (χ0n) is 18.4. The molecule has 0 fully saturated rings. The molecule has 1 aromatic heterocycles. The van der Waals surface area contributed by atoms with E-state index in [9.17, 15) is 14.0 Å². The van der Waals surface area contributed by atoms with Crippen molar-refractivity contribution in [1.29, 1.82) is 0 Å². The Labute approximate surface area is 194 Å². The summed E-state index contributed by atoms with van der Waals surface area (Å²) in [7, 11) is 0. The van der Waals surface area contributed by atoms with Crippen molar-refractivity contribution < 1.29 is 23.1 Å². The van der Waals surface area contributed by atoms with E-state index in [0.717, 1.165) is 11.1 Å². The summed E-state index contributed by atoms with van der Waals surface area (Å²) in [6.45, 7) is 3.49. The van der Waals surface area contributed by atoms with Crippen LogP contribution in [0, 0.1) is 12.7 Å². The lowest BCUT2D eigenvalue weighted by molar-refractivity contribution is -0.128. The number of nitrogens with zero attached hydrogens (tertiary/aromatic N) is 2. The van der Waals surface area contributed by atoms with E-state index in [2.05, 4.69) is 21.0 Å². The first-order valence-corrected chi connectivity index (χ1v) is 10.4. The van der Waals surface area contributed by atoms with Crippen LogP contribution >= 0.6 is 0 Å². The lowest BCUT2D eigenvalue weighted by atomic mass is 10.1. The van der Waals surface area contributed by atoms with Gasteiger partial charge in [-0.25, -0.2) is 4.39 Å². The van der Waals surface area contributed by atoms with E-state index in [1.165, 1.54) is 31.2 Å². The highest BCUT2D eigenvalue weighted by Crippen LogP contribution is 2.24. The highest BCUT2D eigenvalue weighted by molar-refractivity contribution is 5.96. The molecule has 172 valence electrons. The van der Waals surface area contributed by atoms with Crippen molar-refractivity contribution in [2.24, 2.45) is 0 Å². The fourth-order valence-electron chi connectivity index (χ4n) is 3.06. The summed E-state index contributed by atoms with van der Waals surface area (Å²) in [5.74, 6) is -0.432. The Bertz CT molecular complexity index is 1300. The maximum atomic E-state index is 13.0. The number of hydrogen-bond donors (Lipinski definition) is 2. The number of amides is 2. The lowest BCUT2D eigenvalue weighted by Gasteiger charge is -2.15. The average Bonchev–Trinajstić information content (AvgIpc) is 3.34. The second kappa shape index (κ2) is 9.95. The van der Waals surface area contributed by atoms with Gasteiger partial charge in [0.05, 0.1) is 0 Å². The molecule has 9 heteroatoms. The highest BCUT2D eigenvalue weighted by atomic mass is 19.1. The Morgan fingerprint density at radius 3 is 2.26 bits per heavy atom. The Kier molecular flexibility index (Phi) is 6.63. The van der Waals surface area contributed by atoms with Crippen LogP contribution < -0.4 is 15.6 Å². The number of aromatic nitrogens is 2. The Morgan fingerprint density at radius 1 is 0.912 bits per heavy atom. The lowest BCUT2D eigenvalue weighted by Crippen LogP contribution is -2.47. The van der Waals surface area contributed by atoms with Gasteiger partial charge < -0.3 is 9.15 Å². The molecule has 0 saturated heterocycles. The van der Waals surface area contributed by atoms with Crippen molar-refractivity contribution in [3.05, 3.63) is 89.7 Å². The minimum Gasteiger partial charge on any atom is -0.481 e. The normalized spacial score (nSPS) is 11.5. The van der Waals surface area contributed by atoms with Crippen LogP contribution in [0.1, 0.15) is 22.8 Å². The summed E-state index contributed by atoms with van der Waals surface area (Å²) in [6.07, 6.45) is -0.909. The van der Waals surface area contributed by atoms with Crippen molar-refractivity contribution in [2.45, 2.75) is 20.0 Å². The monoisotopic (exact) mass is 460 g/mol. The van der Waals surface area contributed by atoms with Gasteiger partial charge in [-0.15, -0.1) is 10.2 Å². The smallest absolute Gasteiger partial charge is 0.279 e. The van der Waals surface area contributed by atoms with Crippen LogP contribution in [0.2, 0.25) is 0 Å². The largest absolute Gasteiger partial charge is 0.481 e. The number of benzene rings is 3. The molecule has 0 saturated carbocycles. The van der Waals surface area contributed by atoms with Crippen molar-refractivity contribution in [3.63, 3.8) is 0 Å². The molecule has 34 heavy (non-hydrogen) atoms. The number of ether oxygens (including phenoxy) is 1. The number of rotatable bonds is 6. The van der Waals surface area contributed by atoms with E-state index >= 15 is 0 Å². The molecule has 8 nitrogen and oxygen atoms in total. The number of carbonyl (C=O) groups is 2. The van der Waals surface area contributed by atoms with E-state index in [4.69, 9.17) is 9.15 Å². The molecular formula is C25H21FN4O4. The summed E-state index contributed by atoms with van der Waals surface area (Å²) < 4.78 is 24.1. The van der Waals surface area contributed by atoms with E-state index in [0.29, 0.717) is 28.7 Å². The summed E-state index contributed by atoms with van der Waals surface area (Å²) >= 11 is 0. The molecule has 2 N–H and O–H groups in total. The van der Waals surface area contributed by atoms with Gasteiger partial charge in [-0.1, -0.05) is 17.7 Å². The number of aryl methyl sites for hydroxylation is 1. The summed E-state index contributed by atoms with van der Waals surface area (Å²) in [5.41, 5.74) is 7.50. The minimum atomic E-state index is -0.909. The maximum Gasteiger partial charge on any atom is 0.279 e. The molecule has 1 unspecified atom stereocenters. The molecule has 0 aliphatic carbocycles. The zero-order chi connectivity index (χ0) is 24.1. The van der Waals surface area contributed by atoms with E-state index in [1.807, 2.05) is 31.2 Å². The molecule has 0 aliphatic rings. The number of hydrogen-bond acceptors (Lipinski definition) is 6. The first-order chi connectivity index (χ1) is 16.4. The van der Waals surface area contributed by atoms with Gasteiger partial charge in [-0.2, -0.15) is 0 Å². The predicted octanol–water partition coefficient (Wildman–Crippen LogP) is 4.08. The number of carbonyl (C=O) groups excluding carboxylic acids is 2. The number of halogens is 1. The molecule has 0 aliphatic heterocycles. The SMILES string of the molecule is Cc1cccc(-c2nnc(-c3ccc(C(=O)NNC(=O)C(C)Oc4ccc(F)cc4)cc3)o2)c1. The minimum absolute atomic E-state index is 0.314. The van der Waals surface area contributed by atoms with Gasteiger partial charge in [0.15, 0.2) is 6.10 Å². The van der Waals surface area contributed by atoms with Crippen LogP contribution in [-0.2, 0) is 4.79 Å². The van der Waals surface area contributed by atoms with Crippen LogP contribution in [0.15, 0.2) is 77.2 Å². The third-order valence-electron chi connectivity index (χ3n) is 4.88. The van der Waals surface area contributed by atoms with E-state index in [1.54, 1.807) is 24.3 Å². The standard InChI is InChI=1S/C25H21FN4O4/c1-15-4-3-5-19(14-15)25-30-29-24(34-25)18-8-6-17(7-9-18)23(32)28-27-22(31)16(2)33-21-12-10-20(26)11-13-21/h3-14,16H,1-2H3,(H,27,31)(H,28,32). The molecule has 2 amide bonds. The molecular weight excluding hydrogens is 439 g/mol. The third kappa shape index (κ3) is 5.44. The van der Waals surface area contributed by atoms with Crippen molar-refractivity contribution in [3.8, 4) is 28.7 Å². The Morgan fingerprint density at radius 2 is 1.59 bits per heavy atom. The van der Waals surface area contributed by atoms with E-state index < -0.39 is 23.7 Å². The van der Waals surface area contributed by atoms with Crippen LogP contribution in [0.25, 0.3) is 22.9 Å². The fraction of sp³-hybridized carbons (Fsp3) is 0.120. The maximum absolute atomic E-state index is 13.0. The molecule has 4 aromatic rings. The molecule has 1 heterocycles. The van der Waals surface area contributed by atoms with Crippen LogP contribution in [0.5, 0.6) is 5.75 Å². The van der Waals surface area contributed by atoms with Gasteiger partial charge in [-0.3, -0.25) is 20.4 Å². The quantitative estimate of drug-likeness (QED) is 0.420. The number of nitrogens with one attached hydrogen (secondary N) is 2. The fourth-order valence-corrected chi connectivity index (χ4v) is 3.06. The third-order valence-corrected chi connectivity index (χ3v) is 4.88. The Hall–Kier alpha value is -4.53. The predicted molar refractivity (Wildman–Crippen MR) is 122 cm³/mol. The van der Waals surface area contributed by atoms with Gasteiger partial charge in [0.1, 0.15) is 11.6 Å². The van der Waals surface area contributed by atoms with Gasteiger partial charge >= 0.3 is 0 Å². The average molecular weight is 460 g/mol. The van der Waals surface area contributed by atoms with Gasteiger partial charge in [0.25, 0.3) is 11.8 Å². The topological polar surface area (TPSA) is 106 Å². The van der Waals surface area contributed by atoms with Crippen molar-refractivity contribution >= 4 is 11.8 Å². The summed E-state index contributed by atoms with van der Waals surface area (Å²) in [5, 5.41) is 8.16. The van der Waals surface area contributed by atoms with Crippen LogP contribution in [0.3, 0.4) is 0 Å². The first-order valence-electron chi connectivity index (χ1n) is 10.4. The summed E-state index contributed by atoms with van der Waals surface area (Å²) in [6, 6.07) is 19.5. The number of hydrazine groups is 1. The Balaban J connectivity index is 1.33. The van der Waals surface area contributed by atoms with Crippen LogP contribution in [0.4, 0.5) is 4.39 Å². The second-order valence-corrected chi connectivity index (χ2v) is 7.52. The highest BCUT2D eigenvalue weighted by Gasteiger charge is 2.17. The van der Waals surface area contributed by atoms with Gasteiger partial charge in [0, 0.05) is 16.7 Å². The van der Waals surface area contributed by atoms with Gasteiger partial charge in [0.2, 0.25) is 11.8 Å². The molecule has 3 aromatic carbocycles. The molecule has 4 rings (SSSR count). The van der Waals surface area contributed by atoms with Crippen molar-refractivity contribution in [2.75, 3.05) is 0 Å². The first kappa shape index (κ1) is 22.7. The molecule has 0 spiro atoms. The molecule has 0 radical (unpaired) electrons. The zero-order valence-corrected chi connectivity index (χ0v) is 18.4. The summed E-state index contributed by atoms with van der Waals surface area (Å²) in [4.78, 5) is 24.6.